The van der Waals surface area contributed by atoms with Crippen molar-refractivity contribution in [2.75, 3.05) is 5.06 Å². The van der Waals surface area contributed by atoms with Crippen molar-refractivity contribution in [3.63, 3.8) is 0 Å². The second kappa shape index (κ2) is 5.89. The minimum atomic E-state index is -1.33. The van der Waals surface area contributed by atoms with E-state index < -0.39 is 24.2 Å². The second-order valence-electron chi connectivity index (χ2n) is 3.54. The maximum absolute atomic E-state index is 11.8. The van der Waals surface area contributed by atoms with E-state index in [1.165, 1.54) is 24.3 Å². The van der Waals surface area contributed by atoms with Gasteiger partial charge in [0.1, 0.15) is 6.04 Å². The number of Topliss-reactive ketones (excluding diaryl/α,β-unsaturated/α-hetero) is 1. The molecular formula is C11H12N2O5. The van der Waals surface area contributed by atoms with Gasteiger partial charge in [-0.3, -0.25) is 19.6 Å². The molecule has 0 saturated carbocycles. The molecule has 0 saturated heterocycles. The van der Waals surface area contributed by atoms with Gasteiger partial charge in [0.05, 0.1) is 5.69 Å². The third-order valence-corrected chi connectivity index (χ3v) is 2.27. The molecule has 1 aromatic carbocycles. The molecule has 1 rings (SSSR count). The van der Waals surface area contributed by atoms with E-state index >= 15 is 0 Å². The first-order valence-corrected chi connectivity index (χ1v) is 5.01. The van der Waals surface area contributed by atoms with Crippen LogP contribution in [0.2, 0.25) is 0 Å². The molecule has 4 N–H and O–H groups in total. The predicted octanol–water partition coefficient (Wildman–Crippen LogP) is 0.0233. The van der Waals surface area contributed by atoms with Crippen molar-refractivity contribution in [2.45, 2.75) is 12.5 Å². The Kier molecular flexibility index (Phi) is 4.52. The fourth-order valence-corrected chi connectivity index (χ4v) is 1.36. The van der Waals surface area contributed by atoms with Gasteiger partial charge in [0.2, 0.25) is 6.41 Å². The molecule has 0 aliphatic heterocycles. The normalized spacial score (nSPS) is 11.7. The third-order valence-electron chi connectivity index (χ3n) is 2.27. The summed E-state index contributed by atoms with van der Waals surface area (Å²) in [6.45, 7) is 0. The molecule has 96 valence electrons. The Hall–Kier alpha value is -2.25. The lowest BCUT2D eigenvalue weighted by molar-refractivity contribution is -0.138. The zero-order valence-electron chi connectivity index (χ0n) is 9.31. The molecule has 1 amide bonds. The van der Waals surface area contributed by atoms with E-state index in [1.54, 1.807) is 0 Å². The zero-order chi connectivity index (χ0) is 13.7. The topological polar surface area (TPSA) is 121 Å². The van der Waals surface area contributed by atoms with E-state index in [2.05, 4.69) is 0 Å². The number of hydroxylamine groups is 1. The number of hydrogen-bond donors (Lipinski definition) is 3. The Bertz CT molecular complexity index is 474. The summed E-state index contributed by atoms with van der Waals surface area (Å²) in [6, 6.07) is 4.46. The molecule has 0 bridgehead atoms. The maximum atomic E-state index is 11.8. The van der Waals surface area contributed by atoms with Crippen LogP contribution in [-0.2, 0) is 9.59 Å². The van der Waals surface area contributed by atoms with Crippen LogP contribution in [0.15, 0.2) is 24.3 Å². The molecular weight excluding hydrogens is 240 g/mol. The number of carboxylic acids is 1. The Morgan fingerprint density at radius 3 is 2.56 bits per heavy atom. The van der Waals surface area contributed by atoms with Crippen LogP contribution in [0, 0.1) is 0 Å². The monoisotopic (exact) mass is 252 g/mol. The predicted molar refractivity (Wildman–Crippen MR) is 61.3 cm³/mol. The first kappa shape index (κ1) is 13.8. The summed E-state index contributed by atoms with van der Waals surface area (Å²) in [7, 11) is 0. The van der Waals surface area contributed by atoms with Crippen molar-refractivity contribution in [3.8, 4) is 0 Å². The maximum Gasteiger partial charge on any atom is 0.320 e. The van der Waals surface area contributed by atoms with Gasteiger partial charge in [-0.1, -0.05) is 12.1 Å². The van der Waals surface area contributed by atoms with Gasteiger partial charge < -0.3 is 10.8 Å². The quantitative estimate of drug-likeness (QED) is 0.284. The Labute approximate surface area is 102 Å². The van der Waals surface area contributed by atoms with Gasteiger partial charge in [-0.2, -0.15) is 5.06 Å². The zero-order valence-corrected chi connectivity index (χ0v) is 9.31. The summed E-state index contributed by atoms with van der Waals surface area (Å²) in [4.78, 5) is 32.8. The smallest absolute Gasteiger partial charge is 0.320 e. The average Bonchev–Trinajstić information content (AvgIpc) is 2.37. The van der Waals surface area contributed by atoms with Gasteiger partial charge >= 0.3 is 5.97 Å². The molecule has 1 unspecified atom stereocenters. The Morgan fingerprint density at radius 1 is 1.39 bits per heavy atom. The van der Waals surface area contributed by atoms with Crippen molar-refractivity contribution in [3.05, 3.63) is 29.8 Å². The van der Waals surface area contributed by atoms with Gasteiger partial charge in [-0.05, 0) is 12.1 Å². The summed E-state index contributed by atoms with van der Waals surface area (Å²) in [5.41, 5.74) is 5.26. The number of nitrogens with two attached hydrogens (primary N) is 1. The fraction of sp³-hybridized carbons (Fsp3) is 0.182. The lowest BCUT2D eigenvalue weighted by Gasteiger charge is -2.13. The highest BCUT2D eigenvalue weighted by molar-refractivity contribution is 6.04. The minimum Gasteiger partial charge on any atom is -0.480 e. The summed E-state index contributed by atoms with van der Waals surface area (Å²) < 4.78 is 0. The first-order chi connectivity index (χ1) is 8.47. The van der Waals surface area contributed by atoms with Crippen LogP contribution < -0.4 is 10.8 Å². The van der Waals surface area contributed by atoms with Gasteiger partial charge in [-0.15, -0.1) is 0 Å². The number of aliphatic carboxylic acids is 1. The number of rotatable bonds is 6. The largest absolute Gasteiger partial charge is 0.480 e. The summed E-state index contributed by atoms with van der Waals surface area (Å²) in [5.74, 6) is -1.86. The lowest BCUT2D eigenvalue weighted by atomic mass is 10.0. The van der Waals surface area contributed by atoms with E-state index in [0.29, 0.717) is 0 Å². The average molecular weight is 252 g/mol. The number of nitrogens with zero attached hydrogens (tertiary/aromatic N) is 1. The van der Waals surface area contributed by atoms with E-state index in [4.69, 9.17) is 10.8 Å². The van der Waals surface area contributed by atoms with Crippen molar-refractivity contribution in [2.24, 2.45) is 5.73 Å². The standard InChI is InChI=1S/C11H12N2O5/c12-8(11(16)17)5-10(15)7-3-1-2-4-9(7)13(18)6-14/h1-4,6,8,18H,5,12H2,(H,16,17). The van der Waals surface area contributed by atoms with Crippen molar-refractivity contribution in [1.82, 2.24) is 0 Å². The van der Waals surface area contributed by atoms with Crippen molar-refractivity contribution < 1.29 is 24.7 Å². The van der Waals surface area contributed by atoms with Gasteiger partial charge in [0.15, 0.2) is 5.78 Å². The number of benzene rings is 1. The highest BCUT2D eigenvalue weighted by atomic mass is 16.5. The number of amides is 1. The second-order valence-corrected chi connectivity index (χ2v) is 3.54. The van der Waals surface area contributed by atoms with Crippen LogP contribution in [0.5, 0.6) is 0 Å². The van der Waals surface area contributed by atoms with Gasteiger partial charge in [-0.25, -0.2) is 0 Å². The SMILES string of the molecule is NC(CC(=O)c1ccccc1N(O)C=O)C(=O)O. The highest BCUT2D eigenvalue weighted by Gasteiger charge is 2.20. The molecule has 1 aromatic rings. The number of carbonyl (C=O) groups is 3. The van der Waals surface area contributed by atoms with E-state index in [1.807, 2.05) is 0 Å². The molecule has 0 aromatic heterocycles. The van der Waals surface area contributed by atoms with Crippen molar-refractivity contribution in [1.29, 1.82) is 0 Å². The molecule has 0 fully saturated rings. The molecule has 18 heavy (non-hydrogen) atoms. The molecule has 7 heteroatoms. The summed E-state index contributed by atoms with van der Waals surface area (Å²) in [6.07, 6.45) is -0.289. The van der Waals surface area contributed by atoms with Crippen LogP contribution in [0.4, 0.5) is 5.69 Å². The Balaban J connectivity index is 2.99. The molecule has 0 spiro atoms. The molecule has 0 aliphatic rings. The van der Waals surface area contributed by atoms with E-state index in [9.17, 15) is 19.6 Å². The summed E-state index contributed by atoms with van der Waals surface area (Å²) >= 11 is 0. The van der Waals surface area contributed by atoms with Crippen LogP contribution in [0.25, 0.3) is 0 Å². The molecule has 1 atom stereocenters. The number of carboxylic acid groups (broad SMARTS) is 1. The van der Waals surface area contributed by atoms with Crippen LogP contribution in [0.3, 0.4) is 0 Å². The number of hydrogen-bond acceptors (Lipinski definition) is 5. The number of anilines is 1. The minimum absolute atomic E-state index is 0.0184. The molecule has 7 nitrogen and oxygen atoms in total. The van der Waals surface area contributed by atoms with Crippen LogP contribution in [0.1, 0.15) is 16.8 Å². The number of carbonyl (C=O) groups excluding carboxylic acids is 2. The molecule has 0 aliphatic carbocycles. The van der Waals surface area contributed by atoms with Crippen LogP contribution >= 0.6 is 0 Å². The molecule has 0 heterocycles. The number of para-hydroxylation sites is 1. The number of ketones is 1. The van der Waals surface area contributed by atoms with Crippen LogP contribution in [-0.4, -0.2) is 34.5 Å². The highest BCUT2D eigenvalue weighted by Crippen LogP contribution is 2.19. The molecule has 0 radical (unpaired) electrons. The van der Waals surface area contributed by atoms with Gasteiger partial charge in [0, 0.05) is 12.0 Å². The fourth-order valence-electron chi connectivity index (χ4n) is 1.36. The summed E-state index contributed by atoms with van der Waals surface area (Å²) in [5, 5.41) is 18.1. The third kappa shape index (κ3) is 3.12. The van der Waals surface area contributed by atoms with E-state index in [0.717, 1.165) is 0 Å². The van der Waals surface area contributed by atoms with Crippen molar-refractivity contribution >= 4 is 23.9 Å². The Morgan fingerprint density at radius 2 is 2.00 bits per heavy atom. The first-order valence-electron chi connectivity index (χ1n) is 5.01. The lowest BCUT2D eigenvalue weighted by Crippen LogP contribution is -2.33. The van der Waals surface area contributed by atoms with Gasteiger partial charge in [0.25, 0.3) is 0 Å². The van der Waals surface area contributed by atoms with E-state index in [-0.39, 0.29) is 22.7 Å².